The molecule has 0 bridgehead atoms. The van der Waals surface area contributed by atoms with Crippen molar-refractivity contribution >= 4 is 57.8 Å². The summed E-state index contributed by atoms with van der Waals surface area (Å²) in [5, 5.41) is 1.46. The van der Waals surface area contributed by atoms with Gasteiger partial charge in [0.1, 0.15) is 18.1 Å². The number of nitrogens with zero attached hydrogens (tertiary/aromatic N) is 3. The van der Waals surface area contributed by atoms with E-state index in [0.29, 0.717) is 10.6 Å². The van der Waals surface area contributed by atoms with Crippen LogP contribution in [0.5, 0.6) is 0 Å². The van der Waals surface area contributed by atoms with Crippen molar-refractivity contribution in [3.8, 4) is 0 Å². The Morgan fingerprint density at radius 3 is 2.65 bits per heavy atom. The molecule has 0 N–H and O–H groups in total. The zero-order valence-corrected chi connectivity index (χ0v) is 20.5. The second kappa shape index (κ2) is 9.56. The number of carbonyl (C=O) groups excluding carboxylic acids is 2. The second-order valence-corrected chi connectivity index (χ2v) is 8.69. The zero-order valence-electron chi connectivity index (χ0n) is 19.0. The third-order valence-corrected chi connectivity index (χ3v) is 6.77. The number of fused-ring (bicyclic) bond motifs is 1. The molecule has 1 aliphatic heterocycles. The molecule has 2 aromatic carbocycles. The molecule has 0 radical (unpaired) electrons. The van der Waals surface area contributed by atoms with Gasteiger partial charge in [0.25, 0.3) is 5.91 Å². The molecule has 0 atom stereocenters. The smallest absolute Gasteiger partial charge is 0.325 e. The Labute approximate surface area is 207 Å². The largest absolute Gasteiger partial charge is 0.468 e. The molecular weight excluding hydrogens is 477 g/mol. The van der Waals surface area contributed by atoms with E-state index in [-0.39, 0.29) is 35.6 Å². The number of thiocarbonyl (C=S) groups is 1. The second-order valence-electron chi connectivity index (χ2n) is 7.92. The lowest BCUT2D eigenvalue weighted by molar-refractivity contribution is -0.140. The van der Waals surface area contributed by atoms with Gasteiger partial charge in [-0.3, -0.25) is 14.5 Å². The molecular formula is C25H23ClFN3O3S. The minimum absolute atomic E-state index is 0.180. The fourth-order valence-corrected chi connectivity index (χ4v) is 4.60. The van der Waals surface area contributed by atoms with Crippen molar-refractivity contribution in [3.05, 3.63) is 75.8 Å². The highest BCUT2D eigenvalue weighted by molar-refractivity contribution is 7.80. The molecule has 6 nitrogen and oxygen atoms in total. The van der Waals surface area contributed by atoms with Gasteiger partial charge in [0.05, 0.1) is 19.2 Å². The number of esters is 1. The van der Waals surface area contributed by atoms with E-state index in [1.807, 2.05) is 35.9 Å². The lowest BCUT2D eigenvalue weighted by Crippen LogP contribution is -2.33. The molecule has 1 aromatic heterocycles. The number of hydrogen-bond acceptors (Lipinski definition) is 4. The van der Waals surface area contributed by atoms with E-state index in [1.165, 1.54) is 23.0 Å². The molecule has 2 heterocycles. The molecule has 3 aromatic rings. The Morgan fingerprint density at radius 1 is 1.24 bits per heavy atom. The zero-order chi connectivity index (χ0) is 24.6. The number of ether oxygens (including phenoxy) is 1. The lowest BCUT2D eigenvalue weighted by atomic mass is 10.1. The molecule has 0 saturated carbocycles. The van der Waals surface area contributed by atoms with Crippen LogP contribution in [0.1, 0.15) is 23.6 Å². The Kier molecular flexibility index (Phi) is 6.72. The van der Waals surface area contributed by atoms with Crippen LogP contribution in [-0.4, -0.2) is 52.1 Å². The van der Waals surface area contributed by atoms with Crippen LogP contribution in [0.2, 0.25) is 5.02 Å². The maximum Gasteiger partial charge on any atom is 0.325 e. The van der Waals surface area contributed by atoms with E-state index in [2.05, 4.69) is 0 Å². The molecule has 1 fully saturated rings. The summed E-state index contributed by atoms with van der Waals surface area (Å²) in [5.74, 6) is -1.22. The number of amides is 1. The Morgan fingerprint density at radius 2 is 1.97 bits per heavy atom. The fraction of sp³-hybridized carbons (Fsp3) is 0.240. The van der Waals surface area contributed by atoms with Crippen molar-refractivity contribution in [3.63, 3.8) is 0 Å². The first-order valence-corrected chi connectivity index (χ1v) is 11.5. The Hall–Kier alpha value is -3.23. The van der Waals surface area contributed by atoms with Crippen LogP contribution in [0.15, 0.2) is 48.3 Å². The standard InChI is InChI=1S/C25H23ClFN3O3S/c1-4-15-7-5-8-17-16(11-21-24(32)28(2)25(34)30(21)14-22(31)33-3)12-29(23(15)17)13-18-19(26)9-6-10-20(18)27/h5-12H,4,13-14H2,1-3H3/b21-11-. The van der Waals surface area contributed by atoms with E-state index < -0.39 is 5.97 Å². The monoisotopic (exact) mass is 499 g/mol. The van der Waals surface area contributed by atoms with Crippen LogP contribution in [0.25, 0.3) is 17.0 Å². The normalized spacial score (nSPS) is 15.1. The van der Waals surface area contributed by atoms with Gasteiger partial charge in [0.2, 0.25) is 0 Å². The molecule has 9 heteroatoms. The molecule has 0 unspecified atom stereocenters. The SMILES string of the molecule is CCc1cccc2c(/C=C3/C(=O)N(C)C(=S)N3CC(=O)OC)cn(Cc3c(F)cccc3Cl)c12. The van der Waals surface area contributed by atoms with Gasteiger partial charge in [-0.1, -0.05) is 42.8 Å². The van der Waals surface area contributed by atoms with Crippen LogP contribution >= 0.6 is 23.8 Å². The third-order valence-electron chi connectivity index (χ3n) is 5.92. The number of rotatable bonds is 6. The quantitative estimate of drug-likeness (QED) is 0.281. The van der Waals surface area contributed by atoms with E-state index in [0.717, 1.165) is 28.5 Å². The molecule has 1 amide bonds. The van der Waals surface area contributed by atoms with Crippen LogP contribution in [0.4, 0.5) is 4.39 Å². The van der Waals surface area contributed by atoms with Crippen molar-refractivity contribution in [1.82, 2.24) is 14.4 Å². The average molecular weight is 500 g/mol. The van der Waals surface area contributed by atoms with Crippen LogP contribution in [0, 0.1) is 5.82 Å². The highest BCUT2D eigenvalue weighted by atomic mass is 35.5. The first-order valence-electron chi connectivity index (χ1n) is 10.7. The number of aromatic nitrogens is 1. The van der Waals surface area contributed by atoms with Crippen LogP contribution in [-0.2, 0) is 27.3 Å². The minimum Gasteiger partial charge on any atom is -0.468 e. The maximum atomic E-state index is 14.6. The topological polar surface area (TPSA) is 54.8 Å². The van der Waals surface area contributed by atoms with Gasteiger partial charge in [0.15, 0.2) is 5.11 Å². The number of carbonyl (C=O) groups is 2. The predicted molar refractivity (Wildman–Crippen MR) is 134 cm³/mol. The van der Waals surface area contributed by atoms with Crippen molar-refractivity contribution in [2.45, 2.75) is 19.9 Å². The molecule has 1 aliphatic rings. The molecule has 0 aliphatic carbocycles. The summed E-state index contributed by atoms with van der Waals surface area (Å²) in [4.78, 5) is 27.7. The van der Waals surface area contributed by atoms with Gasteiger partial charge < -0.3 is 14.2 Å². The van der Waals surface area contributed by atoms with Crippen molar-refractivity contribution in [1.29, 1.82) is 0 Å². The van der Waals surface area contributed by atoms with E-state index in [1.54, 1.807) is 25.3 Å². The maximum absolute atomic E-state index is 14.6. The summed E-state index contributed by atoms with van der Waals surface area (Å²) in [6, 6.07) is 10.5. The minimum atomic E-state index is -0.513. The van der Waals surface area contributed by atoms with Gasteiger partial charge in [-0.15, -0.1) is 0 Å². The number of halogens is 2. The summed E-state index contributed by atoms with van der Waals surface area (Å²) >= 11 is 11.7. The lowest BCUT2D eigenvalue weighted by Gasteiger charge is -2.16. The van der Waals surface area contributed by atoms with Gasteiger partial charge in [-0.2, -0.15) is 0 Å². The average Bonchev–Trinajstić information content (AvgIpc) is 3.27. The first kappa shape index (κ1) is 23.9. The van der Waals surface area contributed by atoms with Crippen molar-refractivity contribution in [2.75, 3.05) is 20.7 Å². The Balaban J connectivity index is 1.88. The number of hydrogen-bond donors (Lipinski definition) is 0. The molecule has 4 rings (SSSR count). The van der Waals surface area contributed by atoms with Gasteiger partial charge in [-0.05, 0) is 42.4 Å². The van der Waals surface area contributed by atoms with Gasteiger partial charge in [-0.25, -0.2) is 4.39 Å². The number of likely N-dealkylation sites (N-methyl/N-ethyl adjacent to an activating group) is 1. The van der Waals surface area contributed by atoms with Gasteiger partial charge in [0, 0.05) is 34.8 Å². The summed E-state index contributed by atoms with van der Waals surface area (Å²) in [6.45, 7) is 2.09. The summed E-state index contributed by atoms with van der Waals surface area (Å²) in [7, 11) is 2.85. The summed E-state index contributed by atoms with van der Waals surface area (Å²) in [6.07, 6.45) is 4.34. The molecule has 34 heavy (non-hydrogen) atoms. The number of aryl methyl sites for hydroxylation is 1. The Bertz CT molecular complexity index is 1330. The third kappa shape index (κ3) is 4.19. The summed E-state index contributed by atoms with van der Waals surface area (Å²) < 4.78 is 21.3. The van der Waals surface area contributed by atoms with Crippen molar-refractivity contribution < 1.29 is 18.7 Å². The highest BCUT2D eigenvalue weighted by Gasteiger charge is 2.37. The van der Waals surface area contributed by atoms with E-state index in [4.69, 9.17) is 28.6 Å². The number of methoxy groups -OCH3 is 1. The van der Waals surface area contributed by atoms with E-state index >= 15 is 0 Å². The van der Waals surface area contributed by atoms with Crippen molar-refractivity contribution in [2.24, 2.45) is 0 Å². The van der Waals surface area contributed by atoms with Gasteiger partial charge >= 0.3 is 5.97 Å². The van der Waals surface area contributed by atoms with Crippen LogP contribution in [0.3, 0.4) is 0 Å². The first-order chi connectivity index (χ1) is 16.3. The van der Waals surface area contributed by atoms with Crippen LogP contribution < -0.4 is 0 Å². The number of benzene rings is 2. The number of para-hydroxylation sites is 1. The fourth-order valence-electron chi connectivity index (χ4n) is 4.14. The van der Waals surface area contributed by atoms with E-state index in [9.17, 15) is 14.0 Å². The highest BCUT2D eigenvalue weighted by Crippen LogP contribution is 2.31. The molecule has 1 saturated heterocycles. The molecule has 176 valence electrons. The predicted octanol–water partition coefficient (Wildman–Crippen LogP) is 4.62. The molecule has 0 spiro atoms. The summed E-state index contributed by atoms with van der Waals surface area (Å²) in [5.41, 5.74) is 3.40.